The van der Waals surface area contributed by atoms with Crippen LogP contribution < -0.4 is 0 Å². The van der Waals surface area contributed by atoms with Gasteiger partial charge < -0.3 is 4.89 Å². The van der Waals surface area contributed by atoms with Crippen LogP contribution in [-0.4, -0.2) is 4.89 Å². The summed E-state index contributed by atoms with van der Waals surface area (Å²) in [6.45, 7) is 0. The first-order chi connectivity index (χ1) is 3.10. The average Bonchev–Trinajstić information content (AvgIpc) is 1.27. The van der Waals surface area contributed by atoms with Crippen molar-refractivity contribution in [3.8, 4) is 0 Å². The first kappa shape index (κ1) is 7.07. The Kier molecular flexibility index (Phi) is 2.32. The van der Waals surface area contributed by atoms with Crippen molar-refractivity contribution in [3.05, 3.63) is 0 Å². The monoisotopic (exact) mass is 208 g/mol. The third-order valence-corrected chi connectivity index (χ3v) is 26.4. The molecule has 1 N–H and O–H groups in total. The predicted octanol–water partition coefficient (Wildman–Crippen LogP) is 2.19. The molecule has 0 aromatic carbocycles. The van der Waals surface area contributed by atoms with Gasteiger partial charge >= 0.3 is 0 Å². The fourth-order valence-corrected chi connectivity index (χ4v) is 30.6. The fraction of sp³-hybridized carbons (Fsp3) is 0. The molecule has 1 heterocycles. The Morgan fingerprint density at radius 2 is 2.00 bits per heavy atom. The van der Waals surface area contributed by atoms with E-state index in [0.717, 1.165) is 0 Å². The van der Waals surface area contributed by atoms with Crippen LogP contribution in [0.15, 0.2) is 0 Å². The van der Waals surface area contributed by atoms with E-state index in [9.17, 15) is 0 Å². The van der Waals surface area contributed by atoms with Crippen molar-refractivity contribution in [1.82, 2.24) is 0 Å². The van der Waals surface area contributed by atoms with Crippen LogP contribution in [0.2, 0.25) is 0 Å². The molecule has 1 fully saturated rings. The highest BCUT2D eigenvalue weighted by molar-refractivity contribution is 9.42. The summed E-state index contributed by atoms with van der Waals surface area (Å²) in [5.74, 6) is 0. The van der Waals surface area contributed by atoms with E-state index in [4.69, 9.17) is 28.5 Å². The summed E-state index contributed by atoms with van der Waals surface area (Å²) in [6, 6.07) is 0. The summed E-state index contributed by atoms with van der Waals surface area (Å²) in [5, 5.41) is -0.688. The number of hydrogen-bond donors (Lipinski definition) is 1. The first-order valence-electron chi connectivity index (χ1n) is 1.36. The third kappa shape index (κ3) is 1.98. The summed E-state index contributed by atoms with van der Waals surface area (Å²) in [4.78, 5) is 8.89. The summed E-state index contributed by atoms with van der Waals surface area (Å²) in [6.07, 6.45) is 0. The molecule has 1 aliphatic rings. The first-order valence-corrected chi connectivity index (χ1v) is 11.0. The summed E-state index contributed by atoms with van der Waals surface area (Å²) < 4.78 is -1.91. The topological polar surface area (TPSA) is 20.2 Å². The molecule has 0 aliphatic carbocycles. The van der Waals surface area contributed by atoms with Crippen LogP contribution in [0.1, 0.15) is 0 Å². The maximum Gasteiger partial charge on any atom is 0.182 e. The molecule has 1 aliphatic heterocycles. The number of hydrogen-bond acceptors (Lipinski definition) is 4. The van der Waals surface area contributed by atoms with Gasteiger partial charge in [-0.2, -0.15) is 0 Å². The van der Waals surface area contributed by atoms with Crippen molar-refractivity contribution in [2.45, 2.75) is 0 Å². The summed E-state index contributed by atoms with van der Waals surface area (Å²) >= 11 is 12.4. The molecule has 0 atom stereocenters. The highest BCUT2D eigenvalue weighted by Crippen LogP contribution is 2.94. The molecule has 0 amide bonds. The molecule has 0 aromatic rings. The zero-order valence-electron chi connectivity index (χ0n) is 3.03. The van der Waals surface area contributed by atoms with Gasteiger partial charge in [0.25, 0.3) is 0 Å². The highest BCUT2D eigenvalue weighted by atomic mass is 33.7. The van der Waals surface area contributed by atoms with Crippen LogP contribution in [0.25, 0.3) is 0 Å². The van der Waals surface area contributed by atoms with Crippen molar-refractivity contribution in [2.24, 2.45) is 0 Å². The van der Waals surface area contributed by atoms with Gasteiger partial charge in [0, 0.05) is 0 Å². The minimum Gasteiger partial charge on any atom is -0.349 e. The van der Waals surface area contributed by atoms with E-state index in [1.165, 1.54) is 22.0 Å². The molecule has 0 radical (unpaired) electrons. The van der Waals surface area contributed by atoms with Crippen molar-refractivity contribution >= 4 is 55.4 Å². The van der Waals surface area contributed by atoms with Gasteiger partial charge in [-0.15, -0.1) is 0 Å². The third-order valence-electron chi connectivity index (χ3n) is 0.380. The van der Waals surface area contributed by atoms with Gasteiger partial charge in [-0.05, 0) is 33.8 Å². The maximum atomic E-state index is 8.89. The van der Waals surface area contributed by atoms with E-state index in [0.29, 0.717) is 0 Å². The SMILES string of the molecule is OP1(=S)S[PH](=S)S1. The van der Waals surface area contributed by atoms with E-state index >= 15 is 0 Å². The van der Waals surface area contributed by atoms with E-state index in [-0.39, 0.29) is 0 Å². The Labute approximate surface area is 60.1 Å². The van der Waals surface area contributed by atoms with Crippen LogP contribution in [-0.2, 0) is 23.6 Å². The zero-order valence-corrected chi connectivity index (χ0v) is 8.19. The highest BCUT2D eigenvalue weighted by Gasteiger charge is 2.28. The van der Waals surface area contributed by atoms with E-state index < -0.39 is 9.77 Å². The Bertz CT molecular complexity index is 138. The Morgan fingerprint density at radius 3 is 2.00 bits per heavy atom. The Balaban J connectivity index is 2.60. The minimum absolute atomic E-state index is 0.688. The van der Waals surface area contributed by atoms with Gasteiger partial charge in [-0.1, -0.05) is 11.8 Å². The quantitative estimate of drug-likeness (QED) is 0.614. The molecule has 7 heavy (non-hydrogen) atoms. The van der Waals surface area contributed by atoms with Crippen LogP contribution in [0.3, 0.4) is 0 Å². The lowest BCUT2D eigenvalue weighted by molar-refractivity contribution is 0.654. The molecular weight excluding hydrogens is 206 g/mol. The smallest absolute Gasteiger partial charge is 0.182 e. The van der Waals surface area contributed by atoms with Crippen LogP contribution in [0.4, 0.5) is 0 Å². The van der Waals surface area contributed by atoms with Crippen molar-refractivity contribution in [1.29, 1.82) is 0 Å². The lowest BCUT2D eigenvalue weighted by Crippen LogP contribution is -1.64. The lowest BCUT2D eigenvalue weighted by atomic mass is 15.9. The second-order valence-corrected chi connectivity index (χ2v) is 19.9. The number of rotatable bonds is 0. The molecule has 1 nitrogen and oxygen atoms in total. The molecule has 0 unspecified atom stereocenters. The van der Waals surface area contributed by atoms with E-state index in [1.54, 1.807) is 0 Å². The van der Waals surface area contributed by atoms with Crippen LogP contribution in [0.5, 0.6) is 0 Å². The van der Waals surface area contributed by atoms with Crippen LogP contribution in [0, 0.1) is 0 Å². The van der Waals surface area contributed by atoms with Crippen molar-refractivity contribution in [2.75, 3.05) is 0 Å². The normalized spacial score (nSPS) is 50.7. The molecule has 1 saturated heterocycles. The largest absolute Gasteiger partial charge is 0.349 e. The molecule has 0 aromatic heterocycles. The molecule has 0 bridgehead atoms. The fourth-order valence-electron chi connectivity index (χ4n) is 0.195. The zero-order chi connectivity index (χ0) is 5.49. The second kappa shape index (κ2) is 2.30. The van der Waals surface area contributed by atoms with E-state index in [1.807, 2.05) is 0 Å². The second-order valence-electron chi connectivity index (χ2n) is 0.901. The van der Waals surface area contributed by atoms with Gasteiger partial charge in [0.1, 0.15) is 0 Å². The lowest BCUT2D eigenvalue weighted by Gasteiger charge is -2.23. The molecule has 0 spiro atoms. The minimum atomic E-state index is -1.91. The molecule has 1 rings (SSSR count). The maximum absolute atomic E-state index is 8.89. The van der Waals surface area contributed by atoms with Gasteiger partial charge in [-0.3, -0.25) is 0 Å². The summed E-state index contributed by atoms with van der Waals surface area (Å²) in [7, 11) is 0. The molecule has 0 saturated carbocycles. The predicted molar refractivity (Wildman–Crippen MR) is 47.4 cm³/mol. The summed E-state index contributed by atoms with van der Waals surface area (Å²) in [5.41, 5.74) is 0. The average molecular weight is 208 g/mol. The van der Waals surface area contributed by atoms with Gasteiger partial charge in [-0.25, -0.2) is 0 Å². The Hall–Kier alpha value is 1.96. The van der Waals surface area contributed by atoms with Crippen LogP contribution >= 0.6 is 31.8 Å². The van der Waals surface area contributed by atoms with Gasteiger partial charge in [0.15, 0.2) is 4.67 Å². The van der Waals surface area contributed by atoms with E-state index in [2.05, 4.69) is 0 Å². The molecular formula is H2OP2S4. The standard InChI is InChI=1S/H2OP2S4/c1-3(5)6-2(4)7-3/h2H,(H,1,5). The Morgan fingerprint density at radius 1 is 1.57 bits per heavy atom. The van der Waals surface area contributed by atoms with Gasteiger partial charge in [0.05, 0.1) is 5.10 Å². The van der Waals surface area contributed by atoms with Crippen molar-refractivity contribution in [3.63, 3.8) is 0 Å². The molecule has 7 heteroatoms. The van der Waals surface area contributed by atoms with Gasteiger partial charge in [0.2, 0.25) is 0 Å². The van der Waals surface area contributed by atoms with Crippen molar-refractivity contribution < 1.29 is 4.89 Å². The molecule has 42 valence electrons.